The summed E-state index contributed by atoms with van der Waals surface area (Å²) >= 11 is 0. The van der Waals surface area contributed by atoms with Crippen LogP contribution in [-0.2, 0) is 21.6 Å². The third-order valence-electron chi connectivity index (χ3n) is 5.19. The third-order valence-corrected chi connectivity index (χ3v) is 6.57. The van der Waals surface area contributed by atoms with Gasteiger partial charge in [-0.2, -0.15) is 13.7 Å². The molecule has 174 valence electrons. The molecule has 0 aliphatic carbocycles. The van der Waals surface area contributed by atoms with Gasteiger partial charge in [0.05, 0.1) is 11.5 Å². The molecule has 2 aromatic rings. The summed E-state index contributed by atoms with van der Waals surface area (Å²) in [6.07, 6.45) is 5.43. The molecule has 2 aromatic carbocycles. The molecular weight excluding hydrogens is 445 g/mol. The van der Waals surface area contributed by atoms with Crippen LogP contribution in [0.25, 0.3) is 6.08 Å². The number of amides is 1. The van der Waals surface area contributed by atoms with E-state index in [0.717, 1.165) is 12.0 Å². The Morgan fingerprint density at radius 2 is 1.97 bits per heavy atom. The summed E-state index contributed by atoms with van der Waals surface area (Å²) in [6.45, 7) is 3.30. The number of hydrogen-bond acceptors (Lipinski definition) is 5. The minimum absolute atomic E-state index is 0.0179. The molecular formula is C24H26FN3O4S. The summed E-state index contributed by atoms with van der Waals surface area (Å²) < 4.78 is 48.6. The molecule has 0 radical (unpaired) electrons. The fourth-order valence-corrected chi connectivity index (χ4v) is 4.51. The third kappa shape index (κ3) is 6.11. The lowest BCUT2D eigenvalue weighted by Gasteiger charge is -2.20. The first-order valence-electron chi connectivity index (χ1n) is 10.5. The molecule has 0 unspecified atom stereocenters. The molecule has 0 saturated carbocycles. The molecule has 0 aromatic heterocycles. The lowest BCUT2D eigenvalue weighted by Crippen LogP contribution is -2.30. The molecule has 1 fully saturated rings. The van der Waals surface area contributed by atoms with Gasteiger partial charge in [0.2, 0.25) is 0 Å². The van der Waals surface area contributed by atoms with Gasteiger partial charge in [-0.15, -0.1) is 0 Å². The lowest BCUT2D eigenvalue weighted by atomic mass is 9.89. The monoisotopic (exact) mass is 471 g/mol. The number of nitrogens with one attached hydrogen (secondary N) is 1. The molecule has 9 heteroatoms. The fraction of sp³-hybridized carbons (Fsp3) is 0.333. The van der Waals surface area contributed by atoms with Crippen molar-refractivity contribution >= 4 is 27.9 Å². The molecule has 1 aliphatic rings. The number of hydrogen-bond donors (Lipinski definition) is 1. The average Bonchev–Trinajstić information content (AvgIpc) is 3.05. The first-order chi connectivity index (χ1) is 15.6. The number of unbranched alkanes of at least 4 members (excludes halogenated alkanes) is 1. The van der Waals surface area contributed by atoms with E-state index in [1.165, 1.54) is 12.1 Å². The molecule has 1 saturated heterocycles. The quantitative estimate of drug-likeness (QED) is 0.549. The van der Waals surface area contributed by atoms with Crippen LogP contribution in [0.4, 0.5) is 10.1 Å². The van der Waals surface area contributed by atoms with E-state index in [-0.39, 0.29) is 23.6 Å². The Kier molecular flexibility index (Phi) is 7.39. The number of carbonyl (C=O) groups excluding carboxylic acids is 1. The SMILES string of the molecule is CC(C)(C#N)CCCC=Cc1ccc(OCc2ccccc2)c(N2CC(=O)NS2(=O)=O)c1F. The summed E-state index contributed by atoms with van der Waals surface area (Å²) in [5.41, 5.74) is 0.267. The van der Waals surface area contributed by atoms with E-state index in [9.17, 15) is 13.2 Å². The molecule has 1 N–H and O–H groups in total. The Hall–Kier alpha value is -3.38. The second kappa shape index (κ2) is 10.0. The molecule has 0 spiro atoms. The smallest absolute Gasteiger partial charge is 0.326 e. The van der Waals surface area contributed by atoms with Crippen molar-refractivity contribution in [3.05, 3.63) is 65.5 Å². The van der Waals surface area contributed by atoms with Crippen LogP contribution in [0, 0.1) is 22.6 Å². The molecule has 0 atom stereocenters. The van der Waals surface area contributed by atoms with Crippen molar-refractivity contribution in [2.75, 3.05) is 10.8 Å². The normalized spacial score (nSPS) is 15.5. The van der Waals surface area contributed by atoms with E-state index < -0.39 is 33.9 Å². The van der Waals surface area contributed by atoms with Crippen LogP contribution in [0.15, 0.2) is 48.5 Å². The number of nitriles is 1. The summed E-state index contributed by atoms with van der Waals surface area (Å²) in [5, 5.41) is 9.09. The average molecular weight is 472 g/mol. The maximum Gasteiger partial charge on any atom is 0.326 e. The number of benzene rings is 2. The van der Waals surface area contributed by atoms with E-state index in [1.807, 2.05) is 48.9 Å². The van der Waals surface area contributed by atoms with Gasteiger partial charge in [-0.05, 0) is 50.8 Å². The van der Waals surface area contributed by atoms with Gasteiger partial charge in [-0.25, -0.2) is 13.4 Å². The second-order valence-corrected chi connectivity index (χ2v) is 10.0. The molecule has 33 heavy (non-hydrogen) atoms. The van der Waals surface area contributed by atoms with Gasteiger partial charge in [-0.3, -0.25) is 4.79 Å². The number of rotatable bonds is 9. The van der Waals surface area contributed by atoms with Gasteiger partial charge >= 0.3 is 10.2 Å². The molecule has 1 amide bonds. The van der Waals surface area contributed by atoms with Crippen LogP contribution in [0.1, 0.15) is 44.2 Å². The van der Waals surface area contributed by atoms with Gasteiger partial charge in [0.25, 0.3) is 5.91 Å². The van der Waals surface area contributed by atoms with Crippen LogP contribution < -0.4 is 13.8 Å². The highest BCUT2D eigenvalue weighted by Crippen LogP contribution is 2.37. The Balaban J connectivity index is 1.87. The van der Waals surface area contributed by atoms with Crippen molar-refractivity contribution in [1.82, 2.24) is 4.72 Å². The van der Waals surface area contributed by atoms with Crippen molar-refractivity contribution in [3.63, 3.8) is 0 Å². The van der Waals surface area contributed by atoms with Crippen LogP contribution in [-0.4, -0.2) is 20.9 Å². The largest absolute Gasteiger partial charge is 0.487 e. The summed E-state index contributed by atoms with van der Waals surface area (Å²) in [7, 11) is -4.22. The second-order valence-electron chi connectivity index (χ2n) is 8.42. The van der Waals surface area contributed by atoms with E-state index in [1.54, 1.807) is 12.2 Å². The number of ether oxygens (including phenoxy) is 1. The van der Waals surface area contributed by atoms with Crippen LogP contribution in [0.3, 0.4) is 0 Å². The zero-order valence-electron chi connectivity index (χ0n) is 18.5. The summed E-state index contributed by atoms with van der Waals surface area (Å²) in [4.78, 5) is 11.7. The van der Waals surface area contributed by atoms with Gasteiger partial charge in [0.1, 0.15) is 24.6 Å². The molecule has 1 aliphatic heterocycles. The van der Waals surface area contributed by atoms with Crippen LogP contribution in [0.2, 0.25) is 0 Å². The maximum atomic E-state index is 15.5. The fourth-order valence-electron chi connectivity index (χ4n) is 3.35. The lowest BCUT2D eigenvalue weighted by molar-refractivity contribution is -0.117. The van der Waals surface area contributed by atoms with Gasteiger partial charge < -0.3 is 4.74 Å². The minimum atomic E-state index is -4.22. The summed E-state index contributed by atoms with van der Waals surface area (Å²) in [5.74, 6) is -1.52. The van der Waals surface area contributed by atoms with Crippen molar-refractivity contribution in [2.45, 2.75) is 39.7 Å². The highest BCUT2D eigenvalue weighted by atomic mass is 32.2. The highest BCUT2D eigenvalue weighted by Gasteiger charge is 2.38. The van der Waals surface area contributed by atoms with Crippen molar-refractivity contribution in [1.29, 1.82) is 5.26 Å². The van der Waals surface area contributed by atoms with Crippen molar-refractivity contribution in [2.24, 2.45) is 5.41 Å². The predicted octanol–water partition coefficient (Wildman–Crippen LogP) is 4.32. The molecule has 0 bridgehead atoms. The first-order valence-corrected chi connectivity index (χ1v) is 12.0. The molecule has 3 rings (SSSR count). The van der Waals surface area contributed by atoms with Crippen LogP contribution in [0.5, 0.6) is 5.75 Å². The van der Waals surface area contributed by atoms with Crippen LogP contribution >= 0.6 is 0 Å². The van der Waals surface area contributed by atoms with Crippen molar-refractivity contribution in [3.8, 4) is 11.8 Å². The molecule has 7 nitrogen and oxygen atoms in total. The van der Waals surface area contributed by atoms with E-state index in [0.29, 0.717) is 17.1 Å². The van der Waals surface area contributed by atoms with Crippen molar-refractivity contribution < 1.29 is 22.3 Å². The Morgan fingerprint density at radius 1 is 1.24 bits per heavy atom. The standard InChI is InChI=1S/C24H26FN3O4S/c1-24(2,17-26)14-8-4-7-11-19-12-13-20(32-16-18-9-5-3-6-10-18)23(22(19)25)28-15-21(29)27-33(28,30)31/h3,5-7,9-13H,4,8,14-16H2,1-2H3,(H,27,29). The summed E-state index contributed by atoms with van der Waals surface area (Å²) in [6, 6.07) is 14.4. The Morgan fingerprint density at radius 3 is 2.61 bits per heavy atom. The predicted molar refractivity (Wildman–Crippen MR) is 124 cm³/mol. The zero-order chi connectivity index (χ0) is 24.1. The highest BCUT2D eigenvalue weighted by molar-refractivity contribution is 7.92. The van der Waals surface area contributed by atoms with E-state index >= 15 is 4.39 Å². The number of allylic oxidation sites excluding steroid dienone is 1. The first kappa shape index (κ1) is 24.3. The Labute approximate surface area is 193 Å². The number of anilines is 1. The minimum Gasteiger partial charge on any atom is -0.487 e. The number of nitrogens with zero attached hydrogens (tertiary/aromatic N) is 2. The van der Waals surface area contributed by atoms with Gasteiger partial charge in [0, 0.05) is 5.56 Å². The number of halogens is 1. The topological polar surface area (TPSA) is 99.5 Å². The Bertz CT molecular complexity index is 1190. The van der Waals surface area contributed by atoms with Gasteiger partial charge in [0.15, 0.2) is 5.82 Å². The zero-order valence-corrected chi connectivity index (χ0v) is 19.4. The maximum absolute atomic E-state index is 15.5. The molecule has 1 heterocycles. The van der Waals surface area contributed by atoms with Gasteiger partial charge in [-0.1, -0.05) is 42.5 Å². The number of carbonyl (C=O) groups is 1. The van der Waals surface area contributed by atoms with E-state index in [4.69, 9.17) is 10.00 Å². The van der Waals surface area contributed by atoms with E-state index in [2.05, 4.69) is 6.07 Å².